The Morgan fingerprint density at radius 2 is 2.43 bits per heavy atom. The first-order valence-electron chi connectivity index (χ1n) is 1.58. The highest BCUT2D eigenvalue weighted by molar-refractivity contribution is 6.25. The fraction of sp³-hybridized carbons (Fsp3) is 0. The average molecular weight is 121 g/mol. The van der Waals surface area contributed by atoms with Crippen molar-refractivity contribution in [1.29, 1.82) is 0 Å². The summed E-state index contributed by atoms with van der Waals surface area (Å²) in [5.41, 5.74) is 5.78. The van der Waals surface area contributed by atoms with E-state index in [1.54, 1.807) is 0 Å². The maximum atomic E-state index is 9.76. The predicted molar refractivity (Wildman–Crippen MR) is 27.7 cm³/mol. The van der Waals surface area contributed by atoms with Crippen molar-refractivity contribution in [3.63, 3.8) is 0 Å². The van der Waals surface area contributed by atoms with Crippen LogP contribution in [0, 0.1) is 0 Å². The Labute approximate surface area is 46.1 Å². The Hall–Kier alpha value is -0.700. The van der Waals surface area contributed by atoms with Crippen molar-refractivity contribution in [2.75, 3.05) is 0 Å². The number of rotatable bonds is 1. The molecule has 7 heavy (non-hydrogen) atoms. The molecule has 0 atom stereocenters. The molecular weight excluding hydrogens is 115 g/mol. The number of halogens is 1. The number of urea groups is 1. The van der Waals surface area contributed by atoms with Crippen LogP contribution in [0.4, 0.5) is 4.79 Å². The average Bonchev–Trinajstić information content (AvgIpc) is 1.61. The van der Waals surface area contributed by atoms with Crippen LogP contribution < -0.4 is 11.1 Å². The monoisotopic (exact) mass is 120 g/mol. The summed E-state index contributed by atoms with van der Waals surface area (Å²) in [6.07, 6.45) is 1.24. The van der Waals surface area contributed by atoms with Crippen molar-refractivity contribution in [3.05, 3.63) is 11.7 Å². The van der Waals surface area contributed by atoms with Crippen LogP contribution in [0.1, 0.15) is 0 Å². The summed E-state index contributed by atoms with van der Waals surface area (Å²) >= 11 is 4.99. The quantitative estimate of drug-likeness (QED) is 0.516. The summed E-state index contributed by atoms with van der Waals surface area (Å²) in [6.45, 7) is 0. The summed E-state index contributed by atoms with van der Waals surface area (Å²) in [5, 5.41) is 2.12. The fourth-order valence-electron chi connectivity index (χ4n) is 0.114. The second kappa shape index (κ2) is 3.49. The number of carbonyl (C=O) groups excluding carboxylic acids is 1. The van der Waals surface area contributed by atoms with Gasteiger partial charge in [-0.25, -0.2) is 4.79 Å². The lowest BCUT2D eigenvalue weighted by atomic mass is 10.9. The molecule has 0 aromatic carbocycles. The second-order valence-corrected chi connectivity index (χ2v) is 1.05. The van der Waals surface area contributed by atoms with Gasteiger partial charge in [0.2, 0.25) is 0 Å². The number of hydrogen-bond donors (Lipinski definition) is 2. The van der Waals surface area contributed by atoms with Crippen LogP contribution in [-0.2, 0) is 0 Å². The summed E-state index contributed by atoms with van der Waals surface area (Å²) in [6, 6.07) is -0.614. The van der Waals surface area contributed by atoms with Crippen molar-refractivity contribution in [3.8, 4) is 0 Å². The summed E-state index contributed by atoms with van der Waals surface area (Å²) < 4.78 is 0. The minimum Gasteiger partial charge on any atom is -0.351 e. The highest BCUT2D eigenvalue weighted by atomic mass is 35.5. The standard InChI is InChI=1S/C3H5ClN2O/c4-1-2-6-3(5)7/h1-2H,(H3,5,6,7). The summed E-state index contributed by atoms with van der Waals surface area (Å²) in [7, 11) is 0. The van der Waals surface area contributed by atoms with Crippen LogP contribution in [0.15, 0.2) is 11.7 Å². The van der Waals surface area contributed by atoms with Crippen molar-refractivity contribution >= 4 is 17.6 Å². The van der Waals surface area contributed by atoms with E-state index in [9.17, 15) is 4.79 Å². The molecule has 40 valence electrons. The normalized spacial score (nSPS) is 9.29. The van der Waals surface area contributed by atoms with Crippen molar-refractivity contribution < 1.29 is 4.79 Å². The number of carbonyl (C=O) groups is 1. The molecule has 0 heterocycles. The maximum absolute atomic E-state index is 9.76. The molecule has 0 aliphatic carbocycles. The fourth-order valence-corrected chi connectivity index (χ4v) is 0.177. The minimum atomic E-state index is -0.614. The molecule has 2 amide bonds. The number of amides is 2. The maximum Gasteiger partial charge on any atom is 0.316 e. The molecule has 0 saturated heterocycles. The Kier molecular flexibility index (Phi) is 3.14. The van der Waals surface area contributed by atoms with E-state index >= 15 is 0 Å². The van der Waals surface area contributed by atoms with E-state index in [1.165, 1.54) is 6.20 Å². The highest BCUT2D eigenvalue weighted by Crippen LogP contribution is 1.70. The first kappa shape index (κ1) is 6.30. The first-order chi connectivity index (χ1) is 3.27. The van der Waals surface area contributed by atoms with Gasteiger partial charge in [-0.05, 0) is 0 Å². The van der Waals surface area contributed by atoms with E-state index in [1.807, 2.05) is 0 Å². The number of nitrogens with one attached hydrogen (secondary N) is 1. The summed E-state index contributed by atoms with van der Waals surface area (Å²) in [4.78, 5) is 9.76. The zero-order valence-corrected chi connectivity index (χ0v) is 4.27. The third-order valence-corrected chi connectivity index (χ3v) is 0.415. The van der Waals surface area contributed by atoms with Crippen molar-refractivity contribution in [2.24, 2.45) is 5.73 Å². The van der Waals surface area contributed by atoms with Crippen molar-refractivity contribution in [1.82, 2.24) is 5.32 Å². The third-order valence-electron chi connectivity index (χ3n) is 0.289. The van der Waals surface area contributed by atoms with Crippen LogP contribution in [0.5, 0.6) is 0 Å². The Bertz CT molecular complexity index is 90.9. The van der Waals surface area contributed by atoms with E-state index in [4.69, 9.17) is 11.6 Å². The van der Waals surface area contributed by atoms with E-state index in [0.717, 1.165) is 5.54 Å². The molecule has 0 spiro atoms. The smallest absolute Gasteiger partial charge is 0.316 e. The first-order valence-corrected chi connectivity index (χ1v) is 2.02. The molecule has 0 aromatic heterocycles. The highest BCUT2D eigenvalue weighted by Gasteiger charge is 1.78. The lowest BCUT2D eigenvalue weighted by molar-refractivity contribution is 0.252. The van der Waals surface area contributed by atoms with E-state index < -0.39 is 6.03 Å². The van der Waals surface area contributed by atoms with Crippen molar-refractivity contribution in [2.45, 2.75) is 0 Å². The number of nitrogens with two attached hydrogens (primary N) is 1. The molecule has 0 aromatic rings. The van der Waals surface area contributed by atoms with Gasteiger partial charge < -0.3 is 11.1 Å². The molecular formula is C3H5ClN2O. The van der Waals surface area contributed by atoms with Crippen LogP contribution in [0.25, 0.3) is 0 Å². The topological polar surface area (TPSA) is 55.1 Å². The van der Waals surface area contributed by atoms with Gasteiger partial charge in [-0.15, -0.1) is 0 Å². The minimum absolute atomic E-state index is 0.614. The molecule has 0 fully saturated rings. The van der Waals surface area contributed by atoms with Gasteiger partial charge in [0.15, 0.2) is 0 Å². The van der Waals surface area contributed by atoms with E-state index in [-0.39, 0.29) is 0 Å². The van der Waals surface area contributed by atoms with Gasteiger partial charge in [-0.2, -0.15) is 0 Å². The number of primary amides is 1. The van der Waals surface area contributed by atoms with Gasteiger partial charge in [0.1, 0.15) is 0 Å². The molecule has 0 unspecified atom stereocenters. The molecule has 0 saturated carbocycles. The zero-order chi connectivity index (χ0) is 5.70. The molecule has 3 N–H and O–H groups in total. The van der Waals surface area contributed by atoms with Gasteiger partial charge in [-0.1, -0.05) is 11.6 Å². The molecule has 0 rings (SSSR count). The molecule has 0 aliphatic heterocycles. The van der Waals surface area contributed by atoms with Gasteiger partial charge >= 0.3 is 6.03 Å². The molecule has 4 heteroatoms. The van der Waals surface area contributed by atoms with Crippen LogP contribution >= 0.6 is 11.6 Å². The summed E-state index contributed by atoms with van der Waals surface area (Å²) in [5.74, 6) is 0. The second-order valence-electron chi connectivity index (χ2n) is 0.801. The van der Waals surface area contributed by atoms with Gasteiger partial charge in [0.05, 0.1) is 0 Å². The predicted octanol–water partition coefficient (Wildman–Crippen LogP) is 0.365. The Balaban J connectivity index is 3.14. The largest absolute Gasteiger partial charge is 0.351 e. The SMILES string of the molecule is NC(=O)NC=CCl. The van der Waals surface area contributed by atoms with Gasteiger partial charge in [0, 0.05) is 11.7 Å². The Morgan fingerprint density at radius 3 is 2.57 bits per heavy atom. The van der Waals surface area contributed by atoms with Gasteiger partial charge in [0.25, 0.3) is 0 Å². The lowest BCUT2D eigenvalue weighted by Crippen LogP contribution is -2.23. The lowest BCUT2D eigenvalue weighted by Gasteiger charge is -1.84. The molecule has 3 nitrogen and oxygen atoms in total. The van der Waals surface area contributed by atoms with Crippen LogP contribution in [0.2, 0.25) is 0 Å². The van der Waals surface area contributed by atoms with E-state index in [2.05, 4.69) is 11.1 Å². The van der Waals surface area contributed by atoms with E-state index in [0.29, 0.717) is 0 Å². The molecule has 0 bridgehead atoms. The zero-order valence-electron chi connectivity index (χ0n) is 3.52. The van der Waals surface area contributed by atoms with Gasteiger partial charge in [-0.3, -0.25) is 0 Å². The molecule has 0 aliphatic rings. The molecule has 0 radical (unpaired) electrons. The number of hydrogen-bond acceptors (Lipinski definition) is 1. The third kappa shape index (κ3) is 5.30. The Morgan fingerprint density at radius 1 is 1.86 bits per heavy atom. The van der Waals surface area contributed by atoms with Crippen LogP contribution in [-0.4, -0.2) is 6.03 Å². The van der Waals surface area contributed by atoms with Crippen LogP contribution in [0.3, 0.4) is 0 Å².